The van der Waals surface area contributed by atoms with Gasteiger partial charge >= 0.3 is 19.6 Å². The summed E-state index contributed by atoms with van der Waals surface area (Å²) in [4.78, 5) is 27.8. The average molecular weight is 681 g/mol. The van der Waals surface area contributed by atoms with Gasteiger partial charge in [-0.3, -0.25) is 4.57 Å². The minimum absolute atomic E-state index is 0.0125. The molecule has 0 spiro atoms. The van der Waals surface area contributed by atoms with Crippen LogP contribution in [0.25, 0.3) is 0 Å². The van der Waals surface area contributed by atoms with Crippen LogP contribution in [0, 0.1) is 49.4 Å². The molecule has 0 bridgehead atoms. The maximum Gasteiger partial charge on any atom is 0.372 e. The predicted molar refractivity (Wildman–Crippen MR) is 184 cm³/mol. The van der Waals surface area contributed by atoms with Gasteiger partial charge in [0.15, 0.2) is 0 Å². The van der Waals surface area contributed by atoms with E-state index in [2.05, 4.69) is 23.7 Å². The molecule has 0 aliphatic rings. The van der Waals surface area contributed by atoms with Gasteiger partial charge in [0, 0.05) is 27.9 Å². The molecule has 4 aromatic carbocycles. The number of carboxylic acid groups (broad SMARTS) is 1. The minimum Gasteiger partial charge on any atom is -0.478 e. The molecule has 0 atom stereocenters. The highest BCUT2D eigenvalue weighted by Crippen LogP contribution is 2.32. The van der Waals surface area contributed by atoms with Gasteiger partial charge in [0.25, 0.3) is 0 Å². The lowest BCUT2D eigenvalue weighted by Gasteiger charge is -2.06. The Morgan fingerprint density at radius 1 is 0.636 bits per heavy atom. The van der Waals surface area contributed by atoms with E-state index in [0.29, 0.717) is 11.1 Å². The van der Waals surface area contributed by atoms with Crippen molar-refractivity contribution in [1.82, 2.24) is 0 Å². The number of halogens is 3. The molecular formula is C33H25Cl3NO5PSi. The Labute approximate surface area is 272 Å². The largest absolute Gasteiger partial charge is 0.478 e. The molecule has 4 aromatic rings. The van der Waals surface area contributed by atoms with Crippen LogP contribution in [0.5, 0.6) is 0 Å². The molecule has 6 nitrogen and oxygen atoms in total. The molecule has 0 saturated heterocycles. The molecule has 0 radical (unpaired) electrons. The first-order chi connectivity index (χ1) is 20.6. The molecule has 0 saturated carbocycles. The summed E-state index contributed by atoms with van der Waals surface area (Å²) in [6.45, 7) is 0. The Hall–Kier alpha value is -4.37. The van der Waals surface area contributed by atoms with Crippen molar-refractivity contribution < 1.29 is 24.3 Å². The summed E-state index contributed by atoms with van der Waals surface area (Å²) in [5.41, 5.74) is 9.36. The van der Waals surface area contributed by atoms with Crippen molar-refractivity contribution in [3.63, 3.8) is 0 Å². The standard InChI is InChI=1S/C9H6O2.C8H5Cl3Si.C8H7N.C8H7O3P/c1-2-7-3-5-8(6-4-7)9(10)11;1-2-7-3-5-8(6-4-7)12(9,10)11;1-2-7-3-5-8(9)6-4-7;1-2-7-3-5-8(6-4-7)12(9,10)11/h1,3-6H,(H,10,11);1,3-6H;1,3-6H,9H2;1,3-6H,(H2,9,10,11). The summed E-state index contributed by atoms with van der Waals surface area (Å²) in [5, 5.41) is 9.24. The molecule has 0 aromatic heterocycles. The zero-order valence-electron chi connectivity index (χ0n) is 22.9. The molecule has 5 N–H and O–H groups in total. The second-order valence-electron chi connectivity index (χ2n) is 8.25. The quantitative estimate of drug-likeness (QED) is 0.0734. The lowest BCUT2D eigenvalue weighted by molar-refractivity contribution is 0.0697. The van der Waals surface area contributed by atoms with Crippen LogP contribution < -0.4 is 16.2 Å². The number of aromatic carboxylic acids is 1. The van der Waals surface area contributed by atoms with Crippen molar-refractivity contribution in [2.24, 2.45) is 0 Å². The summed E-state index contributed by atoms with van der Waals surface area (Å²) in [6.07, 6.45) is 20.4. The number of carboxylic acids is 1. The van der Waals surface area contributed by atoms with E-state index in [1.807, 2.05) is 12.1 Å². The Morgan fingerprint density at radius 2 is 0.955 bits per heavy atom. The fraction of sp³-hybridized carbons (Fsp3) is 0. The summed E-state index contributed by atoms with van der Waals surface area (Å²) >= 11 is 17.3. The fourth-order valence-electron chi connectivity index (χ4n) is 2.80. The van der Waals surface area contributed by atoms with Crippen LogP contribution in [0.15, 0.2) is 97.1 Å². The first-order valence-electron chi connectivity index (χ1n) is 12.0. The highest BCUT2D eigenvalue weighted by atomic mass is 35.8. The molecule has 0 aliphatic carbocycles. The van der Waals surface area contributed by atoms with Crippen LogP contribution in [0.4, 0.5) is 5.69 Å². The zero-order valence-corrected chi connectivity index (χ0v) is 27.0. The van der Waals surface area contributed by atoms with Gasteiger partial charge in [0.2, 0.25) is 0 Å². The Bertz CT molecular complexity index is 1740. The van der Waals surface area contributed by atoms with Gasteiger partial charge in [-0.15, -0.1) is 58.9 Å². The van der Waals surface area contributed by atoms with E-state index in [1.54, 1.807) is 48.5 Å². The van der Waals surface area contributed by atoms with Crippen LogP contribution in [-0.2, 0) is 4.57 Å². The van der Waals surface area contributed by atoms with Crippen LogP contribution in [0.2, 0.25) is 0 Å². The van der Waals surface area contributed by atoms with Crippen molar-refractivity contribution >= 4 is 69.0 Å². The number of nitrogens with two attached hydrogens (primary N) is 1. The molecule has 0 unspecified atom stereocenters. The third-order valence-electron chi connectivity index (χ3n) is 5.13. The molecule has 11 heteroatoms. The van der Waals surface area contributed by atoms with Crippen molar-refractivity contribution in [2.75, 3.05) is 5.73 Å². The Balaban J connectivity index is 0.000000295. The maximum atomic E-state index is 10.7. The number of carbonyl (C=O) groups is 1. The topological polar surface area (TPSA) is 121 Å². The second kappa shape index (κ2) is 18.3. The van der Waals surface area contributed by atoms with Gasteiger partial charge in [-0.05, 0) is 90.1 Å². The summed E-state index contributed by atoms with van der Waals surface area (Å²) < 4.78 is 10.7. The summed E-state index contributed by atoms with van der Waals surface area (Å²) in [5.74, 6) is 8.81. The average Bonchev–Trinajstić information content (AvgIpc) is 3.01. The van der Waals surface area contributed by atoms with Crippen molar-refractivity contribution in [2.45, 2.75) is 0 Å². The van der Waals surface area contributed by atoms with Crippen molar-refractivity contribution in [3.8, 4) is 49.4 Å². The number of rotatable bonds is 3. The highest BCUT2D eigenvalue weighted by molar-refractivity contribution is 7.69. The lowest BCUT2D eigenvalue weighted by Crippen LogP contribution is -2.29. The molecule has 0 fully saturated rings. The van der Waals surface area contributed by atoms with Gasteiger partial charge < -0.3 is 20.6 Å². The van der Waals surface area contributed by atoms with E-state index in [9.17, 15) is 9.36 Å². The molecule has 44 heavy (non-hydrogen) atoms. The molecule has 0 heterocycles. The number of hydrogen-bond donors (Lipinski definition) is 4. The van der Waals surface area contributed by atoms with E-state index in [4.69, 9.17) is 79.6 Å². The lowest BCUT2D eigenvalue weighted by atomic mass is 10.1. The van der Waals surface area contributed by atoms with E-state index in [1.165, 1.54) is 36.4 Å². The number of hydrogen-bond acceptors (Lipinski definition) is 3. The second-order valence-corrected chi connectivity index (χ2v) is 18.3. The third-order valence-corrected chi connectivity index (χ3v) is 9.05. The predicted octanol–water partition coefficient (Wildman–Crippen LogP) is 5.62. The first-order valence-corrected chi connectivity index (χ1v) is 18.7. The van der Waals surface area contributed by atoms with Crippen molar-refractivity contribution in [3.05, 3.63) is 125 Å². The van der Waals surface area contributed by atoms with Crippen LogP contribution >= 0.6 is 40.8 Å². The van der Waals surface area contributed by atoms with E-state index < -0.39 is 19.6 Å². The maximum absolute atomic E-state index is 10.7. The SMILES string of the molecule is C#Cc1ccc(C(=O)O)cc1.C#Cc1ccc(N)cc1.C#Cc1ccc(P(=O)(O)O)cc1.C#Cc1ccc([Si](Cl)(Cl)Cl)cc1. The molecular weight excluding hydrogens is 656 g/mol. The molecule has 4 rings (SSSR count). The first kappa shape index (κ1) is 37.7. The fourth-order valence-corrected chi connectivity index (χ4v) is 5.01. The van der Waals surface area contributed by atoms with E-state index in [0.717, 1.165) is 22.0 Å². The molecule has 0 aliphatic heterocycles. The normalized spacial score (nSPS) is 9.75. The number of nitrogen functional groups attached to an aromatic ring is 1. The van der Waals surface area contributed by atoms with E-state index in [-0.39, 0.29) is 10.9 Å². The van der Waals surface area contributed by atoms with Crippen molar-refractivity contribution in [1.29, 1.82) is 0 Å². The Morgan fingerprint density at radius 3 is 1.25 bits per heavy atom. The Kier molecular flexibility index (Phi) is 15.7. The number of terminal acetylenes is 4. The minimum atomic E-state index is -4.12. The highest BCUT2D eigenvalue weighted by Gasteiger charge is 2.27. The zero-order chi connectivity index (χ0) is 33.3. The summed E-state index contributed by atoms with van der Waals surface area (Å²) in [7, 11) is -4.12. The van der Waals surface area contributed by atoms with Gasteiger partial charge in [-0.2, -0.15) is 0 Å². The summed E-state index contributed by atoms with van der Waals surface area (Å²) in [6, 6.07) is 23.4. The molecule has 222 valence electrons. The molecule has 0 amide bonds. The monoisotopic (exact) mass is 679 g/mol. The number of benzene rings is 4. The van der Waals surface area contributed by atoms with Gasteiger partial charge in [-0.1, -0.05) is 35.8 Å². The number of anilines is 1. The van der Waals surface area contributed by atoms with Crippen LogP contribution in [0.1, 0.15) is 32.6 Å². The smallest absolute Gasteiger partial charge is 0.372 e. The van der Waals surface area contributed by atoms with Gasteiger partial charge in [0.1, 0.15) is 0 Å². The van der Waals surface area contributed by atoms with Crippen LogP contribution in [0.3, 0.4) is 0 Å². The van der Waals surface area contributed by atoms with Gasteiger partial charge in [-0.25, -0.2) is 4.79 Å². The van der Waals surface area contributed by atoms with Gasteiger partial charge in [0.05, 0.1) is 10.9 Å². The van der Waals surface area contributed by atoms with E-state index >= 15 is 0 Å². The third kappa shape index (κ3) is 14.2. The van der Waals surface area contributed by atoms with Crippen LogP contribution in [-0.4, -0.2) is 26.9 Å².